The Morgan fingerprint density at radius 3 is 2.61 bits per heavy atom. The lowest BCUT2D eigenvalue weighted by Crippen LogP contribution is -2.36. The summed E-state index contributed by atoms with van der Waals surface area (Å²) >= 11 is 1.66. The maximum Gasteiger partial charge on any atom is 0.232 e. The molecule has 0 spiro atoms. The number of hydrogen-bond acceptors (Lipinski definition) is 4. The molecule has 2 aromatic rings. The number of anilines is 1. The lowest BCUT2D eigenvalue weighted by Gasteiger charge is -2.23. The molecule has 4 nitrogen and oxygen atoms in total. The molecule has 2 aromatic carbocycles. The van der Waals surface area contributed by atoms with Crippen LogP contribution in [-0.4, -0.2) is 42.7 Å². The van der Waals surface area contributed by atoms with Crippen molar-refractivity contribution in [2.45, 2.75) is 30.6 Å². The Labute approximate surface area is 171 Å². The molecule has 0 atom stereocenters. The number of carbonyl (C=O) groups excluding carboxylic acids is 1. The first kappa shape index (κ1) is 18.9. The van der Waals surface area contributed by atoms with Crippen LogP contribution in [0, 0.1) is 11.3 Å². The second-order valence-electron chi connectivity index (χ2n) is 7.45. The van der Waals surface area contributed by atoms with Crippen LogP contribution in [0.15, 0.2) is 47.4 Å². The quantitative estimate of drug-likeness (QED) is 0.742. The minimum atomic E-state index is 0.229. The van der Waals surface area contributed by atoms with Crippen molar-refractivity contribution in [2.75, 3.05) is 36.8 Å². The number of carbonyl (C=O) groups is 1. The molecule has 2 aliphatic rings. The third-order valence-electron chi connectivity index (χ3n) is 5.64. The molecule has 1 aliphatic heterocycles. The van der Waals surface area contributed by atoms with E-state index < -0.39 is 0 Å². The third-order valence-corrected chi connectivity index (χ3v) is 6.62. The highest BCUT2D eigenvalue weighted by molar-refractivity contribution is 8.00. The van der Waals surface area contributed by atoms with E-state index in [1.54, 1.807) is 11.8 Å². The summed E-state index contributed by atoms with van der Waals surface area (Å²) in [6.45, 7) is 3.34. The van der Waals surface area contributed by atoms with Gasteiger partial charge in [-0.1, -0.05) is 6.07 Å². The van der Waals surface area contributed by atoms with Gasteiger partial charge in [-0.25, -0.2) is 0 Å². The summed E-state index contributed by atoms with van der Waals surface area (Å²) in [7, 11) is 0. The highest BCUT2D eigenvalue weighted by Gasteiger charge is 2.20. The van der Waals surface area contributed by atoms with E-state index in [0.29, 0.717) is 11.3 Å². The van der Waals surface area contributed by atoms with Crippen LogP contribution in [0.1, 0.15) is 29.5 Å². The van der Waals surface area contributed by atoms with Crippen molar-refractivity contribution in [3.05, 3.63) is 59.2 Å². The molecule has 5 heteroatoms. The van der Waals surface area contributed by atoms with Gasteiger partial charge in [0.05, 0.1) is 17.4 Å². The van der Waals surface area contributed by atoms with E-state index in [4.69, 9.17) is 5.26 Å². The Hall–Kier alpha value is -2.45. The van der Waals surface area contributed by atoms with Gasteiger partial charge in [0.1, 0.15) is 0 Å². The maximum absolute atomic E-state index is 12.7. The second kappa shape index (κ2) is 8.70. The number of hydrogen-bond donors (Lipinski definition) is 0. The number of fused-ring (bicyclic) bond motifs is 1. The van der Waals surface area contributed by atoms with Gasteiger partial charge >= 0.3 is 0 Å². The van der Waals surface area contributed by atoms with E-state index in [-0.39, 0.29) is 5.91 Å². The molecule has 0 radical (unpaired) electrons. The maximum atomic E-state index is 12.7. The van der Waals surface area contributed by atoms with Gasteiger partial charge in [0, 0.05) is 36.8 Å². The highest BCUT2D eigenvalue weighted by Crippen LogP contribution is 2.28. The molecule has 1 aliphatic carbocycles. The van der Waals surface area contributed by atoms with E-state index in [0.717, 1.165) is 38.3 Å². The fourth-order valence-electron chi connectivity index (χ4n) is 4.05. The summed E-state index contributed by atoms with van der Waals surface area (Å²) < 4.78 is 0. The van der Waals surface area contributed by atoms with E-state index in [2.05, 4.69) is 29.2 Å². The molecule has 0 unspecified atom stereocenters. The molecule has 4 rings (SSSR count). The average Bonchev–Trinajstić information content (AvgIpc) is 3.06. The molecule has 0 bridgehead atoms. The molecular formula is C23H25N3OS. The smallest absolute Gasteiger partial charge is 0.232 e. The Morgan fingerprint density at radius 2 is 1.79 bits per heavy atom. The predicted octanol–water partition coefficient (Wildman–Crippen LogP) is 3.88. The van der Waals surface area contributed by atoms with E-state index in [9.17, 15) is 4.79 Å². The number of nitrogens with zero attached hydrogens (tertiary/aromatic N) is 3. The number of aryl methyl sites for hydroxylation is 2. The summed E-state index contributed by atoms with van der Waals surface area (Å²) in [4.78, 5) is 18.3. The van der Waals surface area contributed by atoms with E-state index >= 15 is 0 Å². The van der Waals surface area contributed by atoms with Crippen LogP contribution in [0.3, 0.4) is 0 Å². The number of amides is 1. The molecule has 0 N–H and O–H groups in total. The first-order chi connectivity index (χ1) is 13.7. The minimum Gasteiger partial charge on any atom is -0.370 e. The van der Waals surface area contributed by atoms with Crippen LogP contribution in [-0.2, 0) is 17.6 Å². The van der Waals surface area contributed by atoms with Gasteiger partial charge in [0.15, 0.2) is 0 Å². The predicted molar refractivity (Wildman–Crippen MR) is 114 cm³/mol. The SMILES string of the molecule is N#Cc1ccc(N2CCCN(C(=O)CSc3ccc4c(c3)CCC4)CC2)cc1. The second-order valence-corrected chi connectivity index (χ2v) is 8.50. The molecule has 1 heterocycles. The van der Waals surface area contributed by atoms with Crippen LogP contribution in [0.25, 0.3) is 0 Å². The van der Waals surface area contributed by atoms with E-state index in [1.807, 2.05) is 29.2 Å². The van der Waals surface area contributed by atoms with Crippen LogP contribution in [0.2, 0.25) is 0 Å². The fourth-order valence-corrected chi connectivity index (χ4v) is 4.91. The number of benzene rings is 2. The largest absolute Gasteiger partial charge is 0.370 e. The zero-order valence-electron chi connectivity index (χ0n) is 16.1. The minimum absolute atomic E-state index is 0.229. The molecular weight excluding hydrogens is 366 g/mol. The molecule has 144 valence electrons. The standard InChI is InChI=1S/C23H25N3OS/c24-16-18-5-8-21(9-6-18)25-11-2-12-26(14-13-25)23(27)17-28-22-10-7-19-3-1-4-20(19)15-22/h5-10,15H,1-4,11-14,17H2. The lowest BCUT2D eigenvalue weighted by molar-refractivity contribution is -0.128. The number of nitriles is 1. The molecule has 0 aromatic heterocycles. The molecule has 0 saturated carbocycles. The van der Waals surface area contributed by atoms with Gasteiger partial charge in [-0.2, -0.15) is 5.26 Å². The van der Waals surface area contributed by atoms with Gasteiger partial charge in [0.2, 0.25) is 5.91 Å². The Kier molecular flexibility index (Phi) is 5.87. The Morgan fingerprint density at radius 1 is 0.964 bits per heavy atom. The molecule has 1 fully saturated rings. The van der Waals surface area contributed by atoms with Crippen molar-refractivity contribution in [3.63, 3.8) is 0 Å². The van der Waals surface area contributed by atoms with E-state index in [1.165, 1.54) is 35.3 Å². The van der Waals surface area contributed by atoms with Crippen molar-refractivity contribution < 1.29 is 4.79 Å². The number of thioether (sulfide) groups is 1. The first-order valence-electron chi connectivity index (χ1n) is 10.0. The van der Waals surface area contributed by atoms with Crippen LogP contribution >= 0.6 is 11.8 Å². The highest BCUT2D eigenvalue weighted by atomic mass is 32.2. The van der Waals surface area contributed by atoms with Crippen molar-refractivity contribution in [1.29, 1.82) is 5.26 Å². The van der Waals surface area contributed by atoms with Crippen molar-refractivity contribution >= 4 is 23.4 Å². The van der Waals surface area contributed by atoms with Crippen molar-refractivity contribution in [2.24, 2.45) is 0 Å². The van der Waals surface area contributed by atoms with Crippen LogP contribution in [0.5, 0.6) is 0 Å². The van der Waals surface area contributed by atoms with Crippen LogP contribution in [0.4, 0.5) is 5.69 Å². The normalized spacial score (nSPS) is 16.4. The third kappa shape index (κ3) is 4.34. The summed E-state index contributed by atoms with van der Waals surface area (Å²) in [5.74, 6) is 0.738. The molecule has 1 saturated heterocycles. The molecule has 1 amide bonds. The summed E-state index contributed by atoms with van der Waals surface area (Å²) in [5, 5.41) is 8.95. The fraction of sp³-hybridized carbons (Fsp3) is 0.391. The Balaban J connectivity index is 1.31. The topological polar surface area (TPSA) is 47.3 Å². The monoisotopic (exact) mass is 391 g/mol. The zero-order chi connectivity index (χ0) is 19.3. The van der Waals surface area contributed by atoms with Crippen LogP contribution < -0.4 is 4.90 Å². The summed E-state index contributed by atoms with van der Waals surface area (Å²) in [5.41, 5.74) is 4.75. The van der Waals surface area contributed by atoms with Gasteiger partial charge < -0.3 is 9.80 Å². The summed E-state index contributed by atoms with van der Waals surface area (Å²) in [6.07, 6.45) is 4.60. The van der Waals surface area contributed by atoms with Gasteiger partial charge in [0.25, 0.3) is 0 Å². The first-order valence-corrected chi connectivity index (χ1v) is 11.0. The Bertz CT molecular complexity index is 888. The summed E-state index contributed by atoms with van der Waals surface area (Å²) in [6, 6.07) is 16.5. The zero-order valence-corrected chi connectivity index (χ0v) is 16.9. The van der Waals surface area contributed by atoms with Gasteiger partial charge in [-0.3, -0.25) is 4.79 Å². The molecule has 28 heavy (non-hydrogen) atoms. The van der Waals surface area contributed by atoms with Gasteiger partial charge in [-0.05, 0) is 73.2 Å². The average molecular weight is 392 g/mol. The van der Waals surface area contributed by atoms with Gasteiger partial charge in [-0.15, -0.1) is 11.8 Å². The van der Waals surface area contributed by atoms with Crippen molar-refractivity contribution in [3.8, 4) is 6.07 Å². The van der Waals surface area contributed by atoms with Crippen molar-refractivity contribution in [1.82, 2.24) is 4.90 Å². The lowest BCUT2D eigenvalue weighted by atomic mass is 10.1. The number of rotatable bonds is 4.